The second kappa shape index (κ2) is 6.85. The molecule has 0 aliphatic rings. The van der Waals surface area contributed by atoms with Crippen LogP contribution in [0.5, 0.6) is 5.75 Å². The third-order valence-electron chi connectivity index (χ3n) is 2.67. The van der Waals surface area contributed by atoms with Gasteiger partial charge in [-0.2, -0.15) is 0 Å². The van der Waals surface area contributed by atoms with Crippen LogP contribution in [0.1, 0.15) is 11.9 Å². The quantitative estimate of drug-likeness (QED) is 0.579. The molecule has 0 bridgehead atoms. The Morgan fingerprint density at radius 3 is 2.55 bits per heavy atom. The summed E-state index contributed by atoms with van der Waals surface area (Å²) in [6.07, 6.45) is -1.28. The van der Waals surface area contributed by atoms with Crippen molar-refractivity contribution in [2.45, 2.75) is 10.5 Å². The van der Waals surface area contributed by atoms with Crippen molar-refractivity contribution in [2.75, 3.05) is 11.8 Å². The first-order valence-corrected chi connectivity index (χ1v) is 9.70. The van der Waals surface area contributed by atoms with Gasteiger partial charge in [0.2, 0.25) is 0 Å². The normalized spacial score (nSPS) is 13.1. The lowest BCUT2D eigenvalue weighted by molar-refractivity contribution is -0.0780. The lowest BCUT2D eigenvalue weighted by atomic mass is 10.2. The number of aliphatic hydroxyl groups is 1. The van der Waals surface area contributed by atoms with Crippen LogP contribution in [0.3, 0.4) is 0 Å². The monoisotopic (exact) mass is 471 g/mol. The number of hydrogen-bond donors (Lipinski definition) is 3. The maximum absolute atomic E-state index is 12.3. The fraction of sp³-hybridized carbons (Fsp3) is 0.167. The number of phenols is 1. The number of nitrogens with one attached hydrogen (secondary N) is 1. The second-order valence-electron chi connectivity index (χ2n) is 4.15. The van der Waals surface area contributed by atoms with Crippen LogP contribution in [0.2, 0.25) is 0 Å². The zero-order chi connectivity index (χ0) is 16.5. The zero-order valence-electron chi connectivity index (χ0n) is 11.1. The minimum Gasteiger partial charge on any atom is -0.507 e. The number of methoxy groups -OCH3 is 1. The first kappa shape index (κ1) is 17.7. The Kier molecular flexibility index (Phi) is 5.51. The lowest BCUT2D eigenvalue weighted by Gasteiger charge is -2.13. The highest BCUT2D eigenvalue weighted by molar-refractivity contribution is 9.13. The summed E-state index contributed by atoms with van der Waals surface area (Å²) in [5.74, 6) is -0.277. The topological polar surface area (TPSA) is 95.9 Å². The van der Waals surface area contributed by atoms with Gasteiger partial charge in [0.25, 0.3) is 10.0 Å². The van der Waals surface area contributed by atoms with Crippen molar-refractivity contribution < 1.29 is 23.4 Å². The van der Waals surface area contributed by atoms with E-state index in [1.807, 2.05) is 0 Å². The number of phenolic OH excluding ortho intramolecular Hbond substituents is 1. The highest BCUT2D eigenvalue weighted by Gasteiger charge is 2.22. The predicted molar refractivity (Wildman–Crippen MR) is 90.6 cm³/mol. The van der Waals surface area contributed by atoms with Crippen molar-refractivity contribution in [1.82, 2.24) is 0 Å². The molecule has 1 heterocycles. The fourth-order valence-electron chi connectivity index (χ4n) is 1.63. The van der Waals surface area contributed by atoms with Gasteiger partial charge in [-0.15, -0.1) is 11.3 Å². The van der Waals surface area contributed by atoms with E-state index in [1.165, 1.54) is 25.3 Å². The molecule has 1 atom stereocenters. The van der Waals surface area contributed by atoms with Crippen LogP contribution in [0.15, 0.2) is 36.7 Å². The Balaban J connectivity index is 2.31. The number of sulfonamides is 1. The van der Waals surface area contributed by atoms with E-state index in [1.54, 1.807) is 5.38 Å². The van der Waals surface area contributed by atoms with Gasteiger partial charge < -0.3 is 14.9 Å². The molecule has 2 aromatic rings. The molecule has 0 fully saturated rings. The molecule has 0 amide bonds. The Labute approximate surface area is 148 Å². The van der Waals surface area contributed by atoms with Crippen molar-refractivity contribution >= 4 is 58.9 Å². The van der Waals surface area contributed by atoms with Gasteiger partial charge in [0.1, 0.15) is 5.75 Å². The summed E-state index contributed by atoms with van der Waals surface area (Å²) in [4.78, 5) is 0. The Morgan fingerprint density at radius 2 is 2.05 bits per heavy atom. The van der Waals surface area contributed by atoms with Gasteiger partial charge in [-0.1, -0.05) is 0 Å². The molecular weight excluding hydrogens is 462 g/mol. The second-order valence-corrected chi connectivity index (χ2v) is 8.56. The van der Waals surface area contributed by atoms with Crippen molar-refractivity contribution in [3.8, 4) is 5.75 Å². The van der Waals surface area contributed by atoms with Crippen LogP contribution >= 0.6 is 43.2 Å². The van der Waals surface area contributed by atoms with Crippen LogP contribution in [0.25, 0.3) is 0 Å². The predicted octanol–water partition coefficient (Wildman–Crippen LogP) is 3.42. The number of anilines is 1. The number of ether oxygens (including phenoxy) is 1. The van der Waals surface area contributed by atoms with E-state index >= 15 is 0 Å². The van der Waals surface area contributed by atoms with Crippen LogP contribution < -0.4 is 4.72 Å². The smallest absolute Gasteiger partial charge is 0.272 e. The highest BCUT2D eigenvalue weighted by atomic mass is 79.9. The average molecular weight is 473 g/mol. The van der Waals surface area contributed by atoms with Gasteiger partial charge in [-0.05, 0) is 44.0 Å². The van der Waals surface area contributed by atoms with Gasteiger partial charge in [-0.25, -0.2) is 8.42 Å². The van der Waals surface area contributed by atoms with Crippen molar-refractivity contribution in [2.24, 2.45) is 0 Å². The molecule has 0 saturated heterocycles. The first-order valence-electron chi connectivity index (χ1n) is 5.75. The Hall–Kier alpha value is -0.650. The van der Waals surface area contributed by atoms with E-state index in [2.05, 4.69) is 36.6 Å². The molecule has 120 valence electrons. The van der Waals surface area contributed by atoms with E-state index in [9.17, 15) is 18.6 Å². The summed E-state index contributed by atoms with van der Waals surface area (Å²) in [6, 6.07) is 4.00. The van der Waals surface area contributed by atoms with Crippen LogP contribution in [0, 0.1) is 0 Å². The summed E-state index contributed by atoms with van der Waals surface area (Å²) in [6.45, 7) is 0. The molecular formula is C12H11Br2NO5S2. The molecule has 2 rings (SSSR count). The number of thiophene rings is 1. The third kappa shape index (κ3) is 3.63. The molecule has 0 spiro atoms. The molecule has 0 radical (unpaired) electrons. The number of aromatic hydroxyl groups is 1. The van der Waals surface area contributed by atoms with Gasteiger partial charge >= 0.3 is 0 Å². The van der Waals surface area contributed by atoms with Gasteiger partial charge in [-0.3, -0.25) is 4.72 Å². The maximum atomic E-state index is 12.3. The van der Waals surface area contributed by atoms with Crippen LogP contribution in [-0.4, -0.2) is 25.7 Å². The van der Waals surface area contributed by atoms with E-state index in [4.69, 9.17) is 4.74 Å². The number of halogens is 2. The van der Waals surface area contributed by atoms with Crippen molar-refractivity contribution in [1.29, 1.82) is 0 Å². The number of aliphatic hydroxyl groups excluding tert-OH is 1. The summed E-state index contributed by atoms with van der Waals surface area (Å²) in [5.41, 5.74) is 0.312. The maximum Gasteiger partial charge on any atom is 0.272 e. The SMILES string of the molecule is COC(O)c1ccc(NS(=O)(=O)c2scc(Br)c2Br)cc1O. The van der Waals surface area contributed by atoms with Crippen LogP contribution in [0.4, 0.5) is 5.69 Å². The van der Waals surface area contributed by atoms with E-state index < -0.39 is 16.3 Å². The summed E-state index contributed by atoms with van der Waals surface area (Å²) >= 11 is 7.48. The molecule has 6 nitrogen and oxygen atoms in total. The molecule has 10 heteroatoms. The molecule has 0 aliphatic heterocycles. The van der Waals surface area contributed by atoms with E-state index in [0.717, 1.165) is 11.3 Å². The molecule has 0 saturated carbocycles. The van der Waals surface area contributed by atoms with Crippen molar-refractivity contribution in [3.63, 3.8) is 0 Å². The number of hydrogen-bond acceptors (Lipinski definition) is 6. The molecule has 1 unspecified atom stereocenters. The molecule has 3 N–H and O–H groups in total. The zero-order valence-corrected chi connectivity index (χ0v) is 15.9. The highest BCUT2D eigenvalue weighted by Crippen LogP contribution is 2.37. The van der Waals surface area contributed by atoms with Gasteiger partial charge in [0.05, 0.1) is 10.2 Å². The Bertz CT molecular complexity index is 791. The summed E-state index contributed by atoms with van der Waals surface area (Å²) in [5, 5.41) is 21.0. The molecule has 0 aliphatic carbocycles. The number of benzene rings is 1. The molecule has 22 heavy (non-hydrogen) atoms. The minimum absolute atomic E-state index is 0.111. The van der Waals surface area contributed by atoms with Crippen molar-refractivity contribution in [3.05, 3.63) is 38.1 Å². The lowest BCUT2D eigenvalue weighted by Crippen LogP contribution is -2.12. The summed E-state index contributed by atoms with van der Waals surface area (Å²) < 4.78 is 32.9. The first-order chi connectivity index (χ1) is 10.3. The number of rotatable bonds is 5. The van der Waals surface area contributed by atoms with Crippen LogP contribution in [-0.2, 0) is 14.8 Å². The Morgan fingerprint density at radius 1 is 1.36 bits per heavy atom. The fourth-order valence-corrected chi connectivity index (χ4v) is 5.75. The molecule has 1 aromatic heterocycles. The van der Waals surface area contributed by atoms with Gasteiger partial charge in [0, 0.05) is 28.6 Å². The average Bonchev–Trinajstić information content (AvgIpc) is 2.78. The standard InChI is InChI=1S/C12H11Br2NO5S2/c1-20-11(17)7-3-2-6(4-9(7)16)15-22(18,19)12-10(14)8(13)5-21-12/h2-5,11,15-17H,1H3. The largest absolute Gasteiger partial charge is 0.507 e. The van der Waals surface area contributed by atoms with Gasteiger partial charge in [0.15, 0.2) is 10.5 Å². The van der Waals surface area contributed by atoms with E-state index in [-0.39, 0.29) is 21.2 Å². The van der Waals surface area contributed by atoms with E-state index in [0.29, 0.717) is 8.95 Å². The summed E-state index contributed by atoms with van der Waals surface area (Å²) in [7, 11) is -2.51. The molecule has 1 aromatic carbocycles. The minimum atomic E-state index is -3.79. The third-order valence-corrected chi connectivity index (χ3v) is 8.40.